The van der Waals surface area contributed by atoms with Gasteiger partial charge in [-0.1, -0.05) is 11.6 Å². The number of sulfone groups is 1. The van der Waals surface area contributed by atoms with E-state index >= 15 is 0 Å². The van der Waals surface area contributed by atoms with Gasteiger partial charge in [0.1, 0.15) is 5.82 Å². The number of carboxylic acids is 1. The van der Waals surface area contributed by atoms with Crippen molar-refractivity contribution >= 4 is 27.4 Å². The highest BCUT2D eigenvalue weighted by Crippen LogP contribution is 2.34. The summed E-state index contributed by atoms with van der Waals surface area (Å²) < 4.78 is 25.1. The summed E-state index contributed by atoms with van der Waals surface area (Å²) in [5.74, 6) is -0.366. The second kappa shape index (κ2) is 4.73. The molecule has 8 heteroatoms. The van der Waals surface area contributed by atoms with Crippen molar-refractivity contribution in [2.75, 3.05) is 11.5 Å². The van der Waals surface area contributed by atoms with E-state index in [1.165, 1.54) is 0 Å². The van der Waals surface area contributed by atoms with E-state index in [0.29, 0.717) is 36.8 Å². The van der Waals surface area contributed by atoms with E-state index in [4.69, 9.17) is 16.7 Å². The van der Waals surface area contributed by atoms with Gasteiger partial charge in [0.15, 0.2) is 15.0 Å². The van der Waals surface area contributed by atoms with E-state index in [2.05, 4.69) is 4.98 Å². The van der Waals surface area contributed by atoms with E-state index < -0.39 is 21.7 Å². The highest BCUT2D eigenvalue weighted by molar-refractivity contribution is 7.91. The number of hydrogen-bond acceptors (Lipinski definition) is 4. The molecule has 2 aliphatic rings. The van der Waals surface area contributed by atoms with E-state index in [0.717, 1.165) is 5.69 Å². The number of fused-ring (bicyclic) bond motifs is 1. The molecule has 2 aliphatic heterocycles. The second-order valence-electron chi connectivity index (χ2n) is 5.49. The average molecular weight is 319 g/mol. The van der Waals surface area contributed by atoms with Crippen molar-refractivity contribution in [1.29, 1.82) is 0 Å². The Morgan fingerprint density at radius 2 is 2.15 bits per heavy atom. The van der Waals surface area contributed by atoms with Gasteiger partial charge in [0.25, 0.3) is 0 Å². The van der Waals surface area contributed by atoms with Gasteiger partial charge in [0, 0.05) is 18.9 Å². The molecule has 0 aliphatic carbocycles. The maximum atomic E-state index is 11.6. The molecule has 2 unspecified atom stereocenters. The van der Waals surface area contributed by atoms with Crippen molar-refractivity contribution in [3.63, 3.8) is 0 Å². The molecule has 1 aromatic heterocycles. The first-order valence-corrected chi connectivity index (χ1v) is 8.75. The van der Waals surface area contributed by atoms with Crippen molar-refractivity contribution in [3.05, 3.63) is 16.7 Å². The minimum atomic E-state index is -2.98. The highest BCUT2D eigenvalue weighted by Gasteiger charge is 2.36. The molecule has 110 valence electrons. The fraction of sp³-hybridized carbons (Fsp3) is 0.667. The molecule has 1 N–H and O–H groups in total. The molecule has 20 heavy (non-hydrogen) atoms. The lowest BCUT2D eigenvalue weighted by Crippen LogP contribution is -2.26. The molecule has 0 spiro atoms. The van der Waals surface area contributed by atoms with Crippen LogP contribution in [0.15, 0.2) is 0 Å². The van der Waals surface area contributed by atoms with E-state index in [-0.39, 0.29) is 17.4 Å². The number of carbonyl (C=O) groups is 1. The summed E-state index contributed by atoms with van der Waals surface area (Å²) in [6.07, 6.45) is 1.46. The molecule has 0 bridgehead atoms. The van der Waals surface area contributed by atoms with Crippen molar-refractivity contribution in [1.82, 2.24) is 9.55 Å². The summed E-state index contributed by atoms with van der Waals surface area (Å²) in [6, 6.07) is 0. The fourth-order valence-electron chi connectivity index (χ4n) is 3.06. The van der Waals surface area contributed by atoms with Gasteiger partial charge in [-0.25, -0.2) is 13.4 Å². The molecule has 2 atom stereocenters. The molecule has 1 fully saturated rings. The molecular formula is C12H15ClN2O4S. The first kappa shape index (κ1) is 13.9. The number of nitrogens with zero attached hydrogens (tertiary/aromatic N) is 2. The minimum Gasteiger partial charge on any atom is -0.481 e. The summed E-state index contributed by atoms with van der Waals surface area (Å²) in [6.45, 7) is 0.540. The quantitative estimate of drug-likeness (QED) is 0.881. The summed E-state index contributed by atoms with van der Waals surface area (Å²) >= 11 is 6.11. The second-order valence-corrected chi connectivity index (χ2v) is 8.07. The molecule has 3 rings (SSSR count). The van der Waals surface area contributed by atoms with E-state index in [1.54, 1.807) is 0 Å². The van der Waals surface area contributed by atoms with Crippen LogP contribution in [-0.2, 0) is 27.6 Å². The van der Waals surface area contributed by atoms with Crippen molar-refractivity contribution in [2.45, 2.75) is 31.7 Å². The van der Waals surface area contributed by atoms with Crippen molar-refractivity contribution in [3.8, 4) is 0 Å². The lowest BCUT2D eigenvalue weighted by molar-refractivity contribution is -0.142. The van der Waals surface area contributed by atoms with Gasteiger partial charge in [-0.05, 0) is 12.8 Å². The number of aromatic nitrogens is 2. The van der Waals surface area contributed by atoms with Crippen LogP contribution in [0.2, 0.25) is 5.15 Å². The number of halogens is 1. The zero-order valence-electron chi connectivity index (χ0n) is 10.7. The summed E-state index contributed by atoms with van der Waals surface area (Å²) in [7, 11) is -2.98. The normalized spacial score (nSPS) is 28.2. The average Bonchev–Trinajstić information content (AvgIpc) is 2.90. The predicted molar refractivity (Wildman–Crippen MR) is 72.7 cm³/mol. The van der Waals surface area contributed by atoms with Gasteiger partial charge < -0.3 is 9.67 Å². The molecule has 1 saturated heterocycles. The van der Waals surface area contributed by atoms with E-state index in [9.17, 15) is 13.2 Å². The fourth-order valence-corrected chi connectivity index (χ4v) is 5.07. The van der Waals surface area contributed by atoms with Crippen LogP contribution < -0.4 is 0 Å². The number of imidazole rings is 1. The van der Waals surface area contributed by atoms with Crippen LogP contribution in [0.3, 0.4) is 0 Å². The van der Waals surface area contributed by atoms with Crippen LogP contribution in [0.25, 0.3) is 0 Å². The molecule has 0 aromatic carbocycles. The third kappa shape index (κ3) is 2.33. The molecule has 0 saturated carbocycles. The third-order valence-corrected chi connectivity index (χ3v) is 6.21. The highest BCUT2D eigenvalue weighted by atomic mass is 35.5. The van der Waals surface area contributed by atoms with E-state index in [1.807, 2.05) is 4.57 Å². The van der Waals surface area contributed by atoms with Crippen LogP contribution in [0, 0.1) is 5.92 Å². The molecule has 3 heterocycles. The Morgan fingerprint density at radius 3 is 2.75 bits per heavy atom. The smallest absolute Gasteiger partial charge is 0.306 e. The first-order valence-electron chi connectivity index (χ1n) is 6.55. The van der Waals surface area contributed by atoms with Gasteiger partial charge in [0.05, 0.1) is 23.1 Å². The standard InChI is InChI=1S/C12H15ClN2O4S/c13-10-9-5-7(12(16)17)1-3-15(9)11(14-10)8-2-4-20(18,19)6-8/h7-8H,1-6H2,(H,16,17). The van der Waals surface area contributed by atoms with Gasteiger partial charge in [0.2, 0.25) is 0 Å². The number of aliphatic carboxylic acids is 1. The first-order chi connectivity index (χ1) is 9.37. The lowest BCUT2D eigenvalue weighted by Gasteiger charge is -2.23. The SMILES string of the molecule is O=C(O)C1CCn2c(C3CCS(=O)(=O)C3)nc(Cl)c2C1. The van der Waals surface area contributed by atoms with Gasteiger partial charge in [-0.3, -0.25) is 4.79 Å². The Balaban J connectivity index is 1.93. The Labute approximate surface area is 121 Å². The summed E-state index contributed by atoms with van der Waals surface area (Å²) in [4.78, 5) is 15.4. The number of carboxylic acid groups (broad SMARTS) is 1. The molecule has 1 aromatic rings. The van der Waals surface area contributed by atoms with Gasteiger partial charge in [-0.15, -0.1) is 0 Å². The van der Waals surface area contributed by atoms with Crippen molar-refractivity contribution in [2.24, 2.45) is 5.92 Å². The topological polar surface area (TPSA) is 89.3 Å². The van der Waals surface area contributed by atoms with Crippen molar-refractivity contribution < 1.29 is 18.3 Å². The lowest BCUT2D eigenvalue weighted by atomic mass is 9.96. The Morgan fingerprint density at radius 1 is 1.40 bits per heavy atom. The van der Waals surface area contributed by atoms with Gasteiger partial charge in [-0.2, -0.15) is 0 Å². The number of rotatable bonds is 2. The predicted octanol–water partition coefficient (Wildman–Crippen LogP) is 1.09. The minimum absolute atomic E-state index is 0.113. The van der Waals surface area contributed by atoms with Crippen LogP contribution in [0.4, 0.5) is 0 Å². The number of hydrogen-bond donors (Lipinski definition) is 1. The molecular weight excluding hydrogens is 304 g/mol. The summed E-state index contributed by atoms with van der Waals surface area (Å²) in [5.41, 5.74) is 0.726. The summed E-state index contributed by atoms with van der Waals surface area (Å²) in [5, 5.41) is 9.40. The molecule has 0 radical (unpaired) electrons. The Kier molecular flexibility index (Phi) is 3.29. The van der Waals surface area contributed by atoms with Crippen LogP contribution in [0.5, 0.6) is 0 Å². The third-order valence-electron chi connectivity index (χ3n) is 4.14. The largest absolute Gasteiger partial charge is 0.481 e. The Bertz CT molecular complexity index is 667. The van der Waals surface area contributed by atoms with Crippen LogP contribution in [-0.4, -0.2) is 40.6 Å². The van der Waals surface area contributed by atoms with Crippen LogP contribution >= 0.6 is 11.6 Å². The Hall–Kier alpha value is -1.08. The van der Waals surface area contributed by atoms with Gasteiger partial charge >= 0.3 is 5.97 Å². The molecule has 6 nitrogen and oxygen atoms in total. The zero-order chi connectivity index (χ0) is 14.5. The van der Waals surface area contributed by atoms with Crippen LogP contribution in [0.1, 0.15) is 30.3 Å². The maximum Gasteiger partial charge on any atom is 0.306 e. The monoisotopic (exact) mass is 318 g/mol. The maximum absolute atomic E-state index is 11.6. The zero-order valence-corrected chi connectivity index (χ0v) is 12.3. The molecule has 0 amide bonds.